The molecule has 5 nitrogen and oxygen atoms in total. The van der Waals surface area contributed by atoms with Gasteiger partial charge in [-0.1, -0.05) is 19.8 Å². The lowest BCUT2D eigenvalue weighted by atomic mass is 10.2. The van der Waals surface area contributed by atoms with Gasteiger partial charge in [-0.15, -0.1) is 10.2 Å². The molecular formula is C7H15N5. The minimum atomic E-state index is 0. The van der Waals surface area contributed by atoms with Crippen molar-refractivity contribution in [2.75, 3.05) is 0 Å². The van der Waals surface area contributed by atoms with E-state index in [0.29, 0.717) is 0 Å². The highest BCUT2D eigenvalue weighted by Gasteiger charge is 1.93. The van der Waals surface area contributed by atoms with Gasteiger partial charge in [0.05, 0.1) is 11.9 Å². The monoisotopic (exact) mass is 169 g/mol. The Bertz CT molecular complexity index is 188. The maximum absolute atomic E-state index is 3.83. The highest BCUT2D eigenvalue weighted by atomic mass is 15.4. The third kappa shape index (κ3) is 3.92. The van der Waals surface area contributed by atoms with E-state index in [1.54, 1.807) is 6.20 Å². The van der Waals surface area contributed by atoms with Gasteiger partial charge in [-0.05, 0) is 23.3 Å². The molecule has 0 spiro atoms. The second-order valence-electron chi connectivity index (χ2n) is 2.47. The van der Waals surface area contributed by atoms with E-state index in [4.69, 9.17) is 0 Å². The van der Waals surface area contributed by atoms with Gasteiger partial charge in [0.25, 0.3) is 0 Å². The average Bonchev–Trinajstić information content (AvgIpc) is 2.07. The van der Waals surface area contributed by atoms with Crippen molar-refractivity contribution in [3.8, 4) is 0 Å². The topological polar surface area (TPSA) is 86.6 Å². The lowest BCUT2D eigenvalue weighted by Crippen LogP contribution is -1.96. The van der Waals surface area contributed by atoms with E-state index in [0.717, 1.165) is 18.5 Å². The van der Waals surface area contributed by atoms with E-state index in [9.17, 15) is 0 Å². The van der Waals surface area contributed by atoms with E-state index < -0.39 is 0 Å². The van der Waals surface area contributed by atoms with Gasteiger partial charge in [0.2, 0.25) is 0 Å². The van der Waals surface area contributed by atoms with Crippen LogP contribution in [0.15, 0.2) is 6.20 Å². The predicted octanol–water partition coefficient (Wildman–Crippen LogP) is 1.16. The molecule has 12 heavy (non-hydrogen) atoms. The van der Waals surface area contributed by atoms with E-state index in [1.807, 2.05) is 0 Å². The van der Waals surface area contributed by atoms with Crippen LogP contribution in [-0.2, 0) is 6.42 Å². The maximum atomic E-state index is 3.83. The number of unbranched alkanes of at least 4 members (excludes halogenated alkanes) is 2. The van der Waals surface area contributed by atoms with Crippen molar-refractivity contribution < 1.29 is 0 Å². The first-order valence-corrected chi connectivity index (χ1v) is 3.93. The molecule has 0 bridgehead atoms. The number of rotatable bonds is 4. The zero-order valence-corrected chi connectivity index (χ0v) is 7.40. The summed E-state index contributed by atoms with van der Waals surface area (Å²) in [7, 11) is 0. The van der Waals surface area contributed by atoms with E-state index in [1.165, 1.54) is 12.8 Å². The fourth-order valence-corrected chi connectivity index (χ4v) is 0.889. The Morgan fingerprint density at radius 2 is 2.08 bits per heavy atom. The molecule has 0 amide bonds. The first-order chi connectivity index (χ1) is 5.43. The number of hydrogen-bond acceptors (Lipinski definition) is 5. The molecule has 0 atom stereocenters. The van der Waals surface area contributed by atoms with Crippen LogP contribution in [0, 0.1) is 0 Å². The highest BCUT2D eigenvalue weighted by Crippen LogP contribution is 2.00. The maximum Gasteiger partial charge on any atom is 0.0851 e. The van der Waals surface area contributed by atoms with Gasteiger partial charge in [-0.2, -0.15) is 0 Å². The second-order valence-corrected chi connectivity index (χ2v) is 2.47. The Balaban J connectivity index is 0.00000121. The fraction of sp³-hybridized carbons (Fsp3) is 0.714. The van der Waals surface area contributed by atoms with Crippen molar-refractivity contribution in [3.63, 3.8) is 0 Å². The molecule has 0 radical (unpaired) electrons. The van der Waals surface area contributed by atoms with Crippen LogP contribution >= 0.6 is 0 Å². The molecule has 0 aliphatic heterocycles. The molecule has 3 N–H and O–H groups in total. The summed E-state index contributed by atoms with van der Waals surface area (Å²) in [5, 5.41) is 14.3. The molecule has 0 aliphatic rings. The van der Waals surface area contributed by atoms with Crippen molar-refractivity contribution >= 4 is 0 Å². The molecule has 1 rings (SSSR count). The molecule has 0 saturated carbocycles. The molecular weight excluding hydrogens is 154 g/mol. The molecule has 1 heterocycles. The van der Waals surface area contributed by atoms with Crippen molar-refractivity contribution in [2.45, 2.75) is 32.6 Å². The molecule has 0 saturated heterocycles. The molecule has 0 aromatic carbocycles. The van der Waals surface area contributed by atoms with Crippen LogP contribution in [0.5, 0.6) is 0 Å². The average molecular weight is 169 g/mol. The fourth-order valence-electron chi connectivity index (χ4n) is 0.889. The Morgan fingerprint density at radius 3 is 2.67 bits per heavy atom. The number of hydrogen-bond donors (Lipinski definition) is 1. The number of nitrogens with zero attached hydrogens (tertiary/aromatic N) is 4. The Kier molecular flexibility index (Phi) is 6.00. The predicted molar refractivity (Wildman–Crippen MR) is 45.9 cm³/mol. The van der Waals surface area contributed by atoms with Gasteiger partial charge in [-0.3, -0.25) is 0 Å². The summed E-state index contributed by atoms with van der Waals surface area (Å²) in [6.45, 7) is 2.18. The quantitative estimate of drug-likeness (QED) is 0.683. The Labute approximate surface area is 72.2 Å². The summed E-state index contributed by atoms with van der Waals surface area (Å²) >= 11 is 0. The van der Waals surface area contributed by atoms with Crippen LogP contribution in [-0.4, -0.2) is 20.6 Å². The summed E-state index contributed by atoms with van der Waals surface area (Å²) in [6, 6.07) is 0. The first-order valence-electron chi connectivity index (χ1n) is 3.93. The van der Waals surface area contributed by atoms with Crippen molar-refractivity contribution in [2.24, 2.45) is 0 Å². The first kappa shape index (κ1) is 10.9. The normalized spacial score (nSPS) is 9.08. The van der Waals surface area contributed by atoms with Crippen LogP contribution in [0.3, 0.4) is 0 Å². The number of aromatic nitrogens is 4. The van der Waals surface area contributed by atoms with Crippen LogP contribution in [0.4, 0.5) is 0 Å². The summed E-state index contributed by atoms with van der Waals surface area (Å²) < 4.78 is 0. The largest absolute Gasteiger partial charge is 0.344 e. The van der Waals surface area contributed by atoms with Crippen molar-refractivity contribution in [3.05, 3.63) is 11.9 Å². The molecule has 5 heteroatoms. The van der Waals surface area contributed by atoms with E-state index in [2.05, 4.69) is 27.5 Å². The lowest BCUT2D eigenvalue weighted by Gasteiger charge is -1.94. The third-order valence-corrected chi connectivity index (χ3v) is 1.51. The minimum Gasteiger partial charge on any atom is -0.344 e. The van der Waals surface area contributed by atoms with Gasteiger partial charge >= 0.3 is 0 Å². The summed E-state index contributed by atoms with van der Waals surface area (Å²) in [4.78, 5) is 0. The highest BCUT2D eigenvalue weighted by molar-refractivity contribution is 4.88. The molecule has 68 valence electrons. The van der Waals surface area contributed by atoms with Crippen LogP contribution < -0.4 is 6.15 Å². The van der Waals surface area contributed by atoms with Gasteiger partial charge < -0.3 is 6.15 Å². The van der Waals surface area contributed by atoms with Gasteiger partial charge in [0, 0.05) is 0 Å². The molecule has 1 aromatic heterocycles. The SMILES string of the molecule is CCCCCc1cnnnn1.N. The molecule has 0 aliphatic carbocycles. The summed E-state index contributed by atoms with van der Waals surface area (Å²) in [5.74, 6) is 0. The summed E-state index contributed by atoms with van der Waals surface area (Å²) in [6.07, 6.45) is 6.27. The Hall–Kier alpha value is -1.10. The smallest absolute Gasteiger partial charge is 0.0851 e. The number of aryl methyl sites for hydroxylation is 1. The van der Waals surface area contributed by atoms with Gasteiger partial charge in [-0.25, -0.2) is 0 Å². The van der Waals surface area contributed by atoms with Crippen LogP contribution in [0.2, 0.25) is 0 Å². The Morgan fingerprint density at radius 1 is 1.25 bits per heavy atom. The zero-order valence-electron chi connectivity index (χ0n) is 7.40. The van der Waals surface area contributed by atoms with Crippen LogP contribution in [0.25, 0.3) is 0 Å². The van der Waals surface area contributed by atoms with Crippen molar-refractivity contribution in [1.82, 2.24) is 26.8 Å². The third-order valence-electron chi connectivity index (χ3n) is 1.51. The van der Waals surface area contributed by atoms with E-state index >= 15 is 0 Å². The van der Waals surface area contributed by atoms with Crippen molar-refractivity contribution in [1.29, 1.82) is 0 Å². The molecule has 1 aromatic rings. The zero-order chi connectivity index (χ0) is 7.94. The van der Waals surface area contributed by atoms with Gasteiger partial charge in [0.15, 0.2) is 0 Å². The lowest BCUT2D eigenvalue weighted by molar-refractivity contribution is 0.665. The van der Waals surface area contributed by atoms with E-state index in [-0.39, 0.29) is 6.15 Å². The summed E-state index contributed by atoms with van der Waals surface area (Å²) in [5.41, 5.74) is 0.938. The van der Waals surface area contributed by atoms with Crippen LogP contribution in [0.1, 0.15) is 31.9 Å². The molecule has 0 fully saturated rings. The second kappa shape index (κ2) is 6.60. The standard InChI is InChI=1S/C7H12N4.H3N/c1-2-3-4-5-7-6-8-10-11-9-7;/h6H,2-5H2,1H3;1H3. The minimum absolute atomic E-state index is 0. The van der Waals surface area contributed by atoms with Gasteiger partial charge in [0.1, 0.15) is 0 Å². The molecule has 0 unspecified atom stereocenters.